The molecule has 0 spiro atoms. The zero-order valence-electron chi connectivity index (χ0n) is 12.6. The van der Waals surface area contributed by atoms with Crippen LogP contribution in [0.1, 0.15) is 18.1 Å². The first-order valence-corrected chi connectivity index (χ1v) is 7.42. The molecule has 0 aliphatic carbocycles. The number of benzene rings is 2. The maximum Gasteiger partial charge on any atom is 0.180 e. The van der Waals surface area contributed by atoms with Crippen molar-refractivity contribution in [3.63, 3.8) is 0 Å². The molecule has 0 unspecified atom stereocenters. The molecule has 5 heteroatoms. The standard InChI is InChI=1S/C18H15ClFNO2/c1-2-22-17-11-13(6-5-9-21)10-15(19)18(17)23-12-14-7-3-4-8-16(14)20/h3-8,10-11H,2,12H2,1H3/b6-5+. The number of hydrogen-bond acceptors (Lipinski definition) is 3. The lowest BCUT2D eigenvalue weighted by Gasteiger charge is -2.14. The fourth-order valence-corrected chi connectivity index (χ4v) is 2.26. The summed E-state index contributed by atoms with van der Waals surface area (Å²) in [6.45, 7) is 2.31. The lowest BCUT2D eigenvalue weighted by Crippen LogP contribution is -2.02. The van der Waals surface area contributed by atoms with Gasteiger partial charge in [-0.3, -0.25) is 0 Å². The molecule has 0 radical (unpaired) electrons. The number of hydrogen-bond donors (Lipinski definition) is 0. The summed E-state index contributed by atoms with van der Waals surface area (Å²) in [6.07, 6.45) is 2.97. The van der Waals surface area contributed by atoms with Gasteiger partial charge < -0.3 is 9.47 Å². The van der Waals surface area contributed by atoms with Crippen molar-refractivity contribution in [2.45, 2.75) is 13.5 Å². The molecule has 0 aliphatic heterocycles. The summed E-state index contributed by atoms with van der Waals surface area (Å²) in [5.41, 5.74) is 1.15. The maximum absolute atomic E-state index is 13.7. The van der Waals surface area contributed by atoms with Gasteiger partial charge in [0.2, 0.25) is 0 Å². The summed E-state index contributed by atoms with van der Waals surface area (Å²) in [7, 11) is 0. The lowest BCUT2D eigenvalue weighted by molar-refractivity contribution is 0.266. The predicted octanol–water partition coefficient (Wildman–Crippen LogP) is 4.99. The molecule has 0 saturated carbocycles. The predicted molar refractivity (Wildman–Crippen MR) is 88.0 cm³/mol. The van der Waals surface area contributed by atoms with Gasteiger partial charge in [0, 0.05) is 11.6 Å². The van der Waals surface area contributed by atoms with Crippen LogP contribution in [0, 0.1) is 17.1 Å². The van der Waals surface area contributed by atoms with Crippen LogP contribution >= 0.6 is 11.6 Å². The lowest BCUT2D eigenvalue weighted by atomic mass is 10.2. The van der Waals surface area contributed by atoms with Crippen molar-refractivity contribution in [3.05, 3.63) is 64.4 Å². The summed E-state index contributed by atoms with van der Waals surface area (Å²) in [5.74, 6) is 0.468. The summed E-state index contributed by atoms with van der Waals surface area (Å²) >= 11 is 6.24. The Morgan fingerprint density at radius 2 is 2.04 bits per heavy atom. The fourth-order valence-electron chi connectivity index (χ4n) is 1.99. The Bertz CT molecular complexity index is 753. The minimum absolute atomic E-state index is 0.0415. The van der Waals surface area contributed by atoms with Gasteiger partial charge in [0.1, 0.15) is 12.4 Å². The SMILES string of the molecule is CCOc1cc(/C=C/C#N)cc(Cl)c1OCc1ccccc1F. The summed E-state index contributed by atoms with van der Waals surface area (Å²) < 4.78 is 24.9. The summed E-state index contributed by atoms with van der Waals surface area (Å²) in [6, 6.07) is 11.7. The van der Waals surface area contributed by atoms with Crippen molar-refractivity contribution in [1.29, 1.82) is 5.26 Å². The second kappa shape index (κ2) is 8.21. The van der Waals surface area contributed by atoms with E-state index in [0.29, 0.717) is 28.7 Å². The molecule has 2 rings (SSSR count). The number of nitrogens with zero attached hydrogens (tertiary/aromatic N) is 1. The van der Waals surface area contributed by atoms with Crippen LogP contribution in [-0.2, 0) is 6.61 Å². The van der Waals surface area contributed by atoms with Gasteiger partial charge in [0.15, 0.2) is 11.5 Å². The van der Waals surface area contributed by atoms with Gasteiger partial charge in [0.05, 0.1) is 17.7 Å². The van der Waals surface area contributed by atoms with Crippen LogP contribution in [0.4, 0.5) is 4.39 Å². The summed E-state index contributed by atoms with van der Waals surface area (Å²) in [5, 5.41) is 8.94. The number of allylic oxidation sites excluding steroid dienone is 1. The Hall–Kier alpha value is -2.51. The molecule has 0 aliphatic rings. The van der Waals surface area contributed by atoms with Gasteiger partial charge in [-0.05, 0) is 36.8 Å². The minimum Gasteiger partial charge on any atom is -0.490 e. The molecule has 0 bridgehead atoms. The van der Waals surface area contributed by atoms with Gasteiger partial charge in [-0.25, -0.2) is 4.39 Å². The van der Waals surface area contributed by atoms with E-state index in [2.05, 4.69) is 0 Å². The third-order valence-electron chi connectivity index (χ3n) is 3.01. The van der Waals surface area contributed by atoms with Gasteiger partial charge in [-0.1, -0.05) is 29.8 Å². The average molecular weight is 332 g/mol. The zero-order valence-corrected chi connectivity index (χ0v) is 13.3. The van der Waals surface area contributed by atoms with Crippen LogP contribution in [-0.4, -0.2) is 6.61 Å². The third-order valence-corrected chi connectivity index (χ3v) is 3.29. The molecule has 2 aromatic carbocycles. The Balaban J connectivity index is 2.28. The number of ether oxygens (including phenoxy) is 2. The van der Waals surface area contributed by atoms with Crippen LogP contribution in [0.3, 0.4) is 0 Å². The molecule has 0 heterocycles. The van der Waals surface area contributed by atoms with Crippen molar-refractivity contribution in [3.8, 4) is 17.6 Å². The van der Waals surface area contributed by atoms with Crippen LogP contribution in [0.2, 0.25) is 5.02 Å². The van der Waals surface area contributed by atoms with Gasteiger partial charge in [0.25, 0.3) is 0 Å². The topological polar surface area (TPSA) is 42.2 Å². The van der Waals surface area contributed by atoms with E-state index < -0.39 is 0 Å². The zero-order chi connectivity index (χ0) is 16.7. The van der Waals surface area contributed by atoms with E-state index in [-0.39, 0.29) is 12.4 Å². The van der Waals surface area contributed by atoms with Crippen molar-refractivity contribution in [2.24, 2.45) is 0 Å². The van der Waals surface area contributed by atoms with Crippen LogP contribution in [0.25, 0.3) is 6.08 Å². The highest BCUT2D eigenvalue weighted by molar-refractivity contribution is 6.32. The molecule has 0 atom stereocenters. The molecule has 0 N–H and O–H groups in total. The highest BCUT2D eigenvalue weighted by Gasteiger charge is 2.13. The highest BCUT2D eigenvalue weighted by atomic mass is 35.5. The van der Waals surface area contributed by atoms with Crippen LogP contribution in [0.15, 0.2) is 42.5 Å². The molecule has 2 aromatic rings. The maximum atomic E-state index is 13.7. The van der Waals surface area contributed by atoms with E-state index in [4.69, 9.17) is 26.3 Å². The Labute approximate surface area is 139 Å². The van der Waals surface area contributed by atoms with E-state index in [0.717, 1.165) is 5.56 Å². The number of halogens is 2. The minimum atomic E-state index is -0.338. The van der Waals surface area contributed by atoms with Crippen LogP contribution in [0.5, 0.6) is 11.5 Å². The first-order valence-electron chi connectivity index (χ1n) is 7.04. The molecule has 0 fully saturated rings. The van der Waals surface area contributed by atoms with E-state index in [1.54, 1.807) is 36.4 Å². The second-order valence-corrected chi connectivity index (χ2v) is 5.01. The average Bonchev–Trinajstić information content (AvgIpc) is 2.54. The Morgan fingerprint density at radius 3 is 2.74 bits per heavy atom. The monoisotopic (exact) mass is 331 g/mol. The third kappa shape index (κ3) is 4.48. The first-order chi connectivity index (χ1) is 11.2. The van der Waals surface area contributed by atoms with E-state index in [9.17, 15) is 4.39 Å². The molecule has 0 amide bonds. The molecule has 23 heavy (non-hydrogen) atoms. The van der Waals surface area contributed by atoms with Crippen molar-refractivity contribution < 1.29 is 13.9 Å². The van der Waals surface area contributed by atoms with Crippen molar-refractivity contribution in [1.82, 2.24) is 0 Å². The Kier molecular flexibility index (Phi) is 6.02. The number of rotatable bonds is 6. The smallest absolute Gasteiger partial charge is 0.180 e. The first kappa shape index (κ1) is 16.9. The quantitative estimate of drug-likeness (QED) is 0.700. The molecular weight excluding hydrogens is 317 g/mol. The molecule has 118 valence electrons. The normalized spacial score (nSPS) is 10.5. The summed E-state index contributed by atoms with van der Waals surface area (Å²) in [4.78, 5) is 0. The molecule has 0 saturated heterocycles. The largest absolute Gasteiger partial charge is 0.490 e. The van der Waals surface area contributed by atoms with Crippen molar-refractivity contribution in [2.75, 3.05) is 6.61 Å². The van der Waals surface area contributed by atoms with Crippen LogP contribution < -0.4 is 9.47 Å². The Morgan fingerprint density at radius 1 is 1.26 bits per heavy atom. The van der Waals surface area contributed by atoms with Gasteiger partial charge in [-0.15, -0.1) is 0 Å². The van der Waals surface area contributed by atoms with Crippen molar-refractivity contribution >= 4 is 17.7 Å². The number of nitriles is 1. The van der Waals surface area contributed by atoms with Gasteiger partial charge in [-0.2, -0.15) is 5.26 Å². The fraction of sp³-hybridized carbons (Fsp3) is 0.167. The highest BCUT2D eigenvalue weighted by Crippen LogP contribution is 2.37. The van der Waals surface area contributed by atoms with E-state index in [1.165, 1.54) is 12.1 Å². The van der Waals surface area contributed by atoms with Gasteiger partial charge >= 0.3 is 0 Å². The van der Waals surface area contributed by atoms with E-state index >= 15 is 0 Å². The molecule has 3 nitrogen and oxygen atoms in total. The van der Waals surface area contributed by atoms with E-state index in [1.807, 2.05) is 13.0 Å². The molecular formula is C18H15ClFNO2. The molecule has 0 aromatic heterocycles. The second-order valence-electron chi connectivity index (χ2n) is 4.61.